The minimum Gasteiger partial charge on any atom is -0.461 e. The summed E-state index contributed by atoms with van der Waals surface area (Å²) in [5.74, 6) is -10.1. The highest BCUT2D eigenvalue weighted by Gasteiger charge is 2.70. The van der Waals surface area contributed by atoms with Crippen molar-refractivity contribution in [2.24, 2.45) is 163 Å². The van der Waals surface area contributed by atoms with Gasteiger partial charge in [-0.25, -0.2) is 0 Å². The maximum atomic E-state index is 14.3. The second-order valence-electron chi connectivity index (χ2n) is 44.6. The fourth-order valence-corrected chi connectivity index (χ4v) is 24.8. The van der Waals surface area contributed by atoms with Gasteiger partial charge < -0.3 is 105 Å². The Hall–Kier alpha value is -7.64. The van der Waals surface area contributed by atoms with Gasteiger partial charge in [0.25, 0.3) is 0 Å². The molecule has 0 aliphatic heterocycles. The van der Waals surface area contributed by atoms with Gasteiger partial charge in [0.15, 0.2) is 0 Å². The fourth-order valence-electron chi connectivity index (χ4n) is 24.8. The molecule has 2 heterocycles. The number of rotatable bonds is 46. The van der Waals surface area contributed by atoms with Crippen molar-refractivity contribution < 1.29 is 95.5 Å². The third kappa shape index (κ3) is 32.2. The quantitative estimate of drug-likeness (QED) is 0.0252. The second-order valence-corrected chi connectivity index (χ2v) is 44.6. The molecule has 8 saturated carbocycles. The molecule has 145 heavy (non-hydrogen) atoms. The number of esters is 6. The van der Waals surface area contributed by atoms with Crippen LogP contribution in [0, 0.1) is 128 Å². The number of nitrogens with zero attached hydrogens (tertiary/aromatic N) is 6. The molecule has 40 nitrogen and oxygen atoms in total. The van der Waals surface area contributed by atoms with Gasteiger partial charge in [-0.2, -0.15) is 0 Å². The number of nitrogens with two attached hydrogens (primary N) is 6. The molecule has 8 aliphatic carbocycles. The molecule has 8 fully saturated rings. The molecule has 6 unspecified atom stereocenters. The Morgan fingerprint density at radius 1 is 0.352 bits per heavy atom. The third-order valence-electron chi connectivity index (χ3n) is 33.7. The fraction of sp³-hybridized carbons (Fsp3) is 0.818. The van der Waals surface area contributed by atoms with Gasteiger partial charge in [0.1, 0.15) is 87.3 Å². The van der Waals surface area contributed by atoms with Crippen LogP contribution < -0.4 is 76.9 Å². The van der Waals surface area contributed by atoms with Crippen LogP contribution in [0.3, 0.4) is 0 Å². The first-order chi connectivity index (χ1) is 65.4. The van der Waals surface area contributed by atoms with E-state index in [1.807, 2.05) is 83.1 Å². The van der Waals surface area contributed by atoms with Gasteiger partial charge in [0, 0.05) is 48.6 Å². The number of carbonyl (C=O) groups excluding carboxylic acids is 14. The number of amides is 8. The number of halogens is 6. The first kappa shape index (κ1) is 130. The zero-order valence-corrected chi connectivity index (χ0v) is 92.6. The second kappa shape index (κ2) is 57.0. The first-order valence-corrected chi connectivity index (χ1v) is 51.1. The van der Waals surface area contributed by atoms with Gasteiger partial charge in [-0.1, -0.05) is 135 Å². The van der Waals surface area contributed by atoms with Gasteiger partial charge in [-0.3, -0.25) is 76.5 Å². The molecule has 0 aromatic carbocycles. The molecule has 828 valence electrons. The summed E-state index contributed by atoms with van der Waals surface area (Å²) in [7, 11) is 0. The lowest BCUT2D eigenvalue weighted by Crippen LogP contribution is -2.64. The van der Waals surface area contributed by atoms with E-state index in [1.54, 1.807) is 21.8 Å². The summed E-state index contributed by atoms with van der Waals surface area (Å²) in [6.45, 7) is 33.5. The molecule has 2 aromatic rings. The highest BCUT2D eigenvalue weighted by Crippen LogP contribution is 2.72. The lowest BCUT2D eigenvalue weighted by atomic mass is 9.43. The molecular weight excluding hydrogens is 2000 g/mol. The smallest absolute Gasteiger partial charge is 0.325 e. The highest BCUT2D eigenvalue weighted by atomic mass is 35.5. The van der Waals surface area contributed by atoms with Gasteiger partial charge in [-0.05, 0) is 215 Å². The zero-order valence-electron chi connectivity index (χ0n) is 87.7. The zero-order chi connectivity index (χ0) is 102. The molecule has 28 atom stereocenters. The SMILES string of the molecule is CC(C)C(N)C(=O)NCC(=O)O[C@@H]1CC[C@@]2(C)[C@@H](C1)C[C@@H](OC(=O)CNC(=O)C(N)C(C)C)[C@@H]1[C@@H]2C[C@H](OC(=O)CNC(=O)C(N)C(C)C)[C@]2(C)[C@@H]([C@H](C)CCC(=O)NCc3cn(CCCn4cc(CNC(=O)CC[C@@H](C)[C@H]5CC[C@H]6[C@@H]7[C@H](OC(=O)CNC(=O)C(N)C(C)C)C[C@@H]8C[C@H](OC(=O)CNC(=O)C(N)C(C)C)CC[C@]8(C)[C@H]7C[C@H](OC(=O)CNC(=O)C(N)C(C)C)[C@]56C)nn4)nn3)CC[C@@H]12.Cl.Cl.Cl.Cl.Cl.Cl. The number of nitrogens with one attached hydrogen (secondary N) is 8. The lowest BCUT2D eigenvalue weighted by Gasteiger charge is -2.64. The molecule has 8 amide bonds. The number of carbonyl (C=O) groups is 14. The van der Waals surface area contributed by atoms with Crippen molar-refractivity contribution in [2.45, 2.75) is 346 Å². The molecule has 46 heteroatoms. The van der Waals surface area contributed by atoms with Gasteiger partial charge in [-0.15, -0.1) is 84.6 Å². The summed E-state index contributed by atoms with van der Waals surface area (Å²) in [6, 6.07) is -5.05. The Bertz CT molecular complexity index is 4360. The number of aryl methyl sites for hydroxylation is 2. The number of ether oxygens (including phenoxy) is 6. The molecule has 0 bridgehead atoms. The van der Waals surface area contributed by atoms with Crippen molar-refractivity contribution >= 4 is 158 Å². The monoisotopic (exact) mass is 2170 g/mol. The molecule has 10 rings (SSSR count). The van der Waals surface area contributed by atoms with E-state index in [1.165, 1.54) is 0 Å². The van der Waals surface area contributed by atoms with Crippen molar-refractivity contribution in [3.63, 3.8) is 0 Å². The van der Waals surface area contributed by atoms with Gasteiger partial charge in [0.05, 0.1) is 61.7 Å². The van der Waals surface area contributed by atoms with E-state index < -0.39 is 192 Å². The standard InChI is InChI=1S/C99H164N20O20.6ClH/c1-50(2)84(100)90(128)108-42-76(122)134-62-28-30-96(15)58(34-62)36-70(136-78(124)44-110-92(130)86(102)52(5)6)82-66-24-22-64(98(66,17)72(38-68(82)96)138-80(126)46-112-94(132)88(104)54(9)10)56(13)20-26-74(120)106-40-60-48-118(116-114-60)32-19-33-119-49-61(115-117-119)41-107-75(121)27-21-57(14)65-23-25-67-83-69(39-73(99(65,67)18)139-81(127)47-113-95(133)89(105)55(11)12)97(16)31-29-63(135-77(123)43-109-91(129)85(101)51(3)4)35-59(97)37-71(83)137-79(125)45-111-93(131)87(103)53(7)8;;;;;;/h48-59,62-73,82-89H,19-47,100-105H2,1-18H3,(H,106,120)(H,107,121)(H,108,128)(H,109,129)(H,110,130)(H,111,131)(H,112,132)(H,113,133);6*1H/t56-,57-,58+,59+,62-,63-,64-,65-,66+,67+,68+,69+,70-,71-,72+,73+,82+,83+,84?,85?,86?,87?,88?,89?,96+,97+,98-,99-;;;;;;/m1....../s1. The number of fused-ring (bicyclic) bond motifs is 10. The molecule has 2 aromatic heterocycles. The maximum Gasteiger partial charge on any atom is 0.325 e. The van der Waals surface area contributed by atoms with E-state index in [4.69, 9.17) is 62.8 Å². The van der Waals surface area contributed by atoms with Crippen LogP contribution in [0.15, 0.2) is 12.4 Å². The summed E-state index contributed by atoms with van der Waals surface area (Å²) in [5, 5.41) is 39.4. The van der Waals surface area contributed by atoms with E-state index >= 15 is 0 Å². The van der Waals surface area contributed by atoms with Crippen LogP contribution in [-0.4, -0.2) is 225 Å². The van der Waals surface area contributed by atoms with Gasteiger partial charge >= 0.3 is 35.8 Å². The van der Waals surface area contributed by atoms with Crippen molar-refractivity contribution in [1.29, 1.82) is 0 Å². The van der Waals surface area contributed by atoms with E-state index in [0.717, 1.165) is 0 Å². The van der Waals surface area contributed by atoms with Crippen molar-refractivity contribution in [3.8, 4) is 0 Å². The Labute approximate surface area is 891 Å². The van der Waals surface area contributed by atoms with E-state index in [0.29, 0.717) is 134 Å². The first-order valence-electron chi connectivity index (χ1n) is 51.1. The van der Waals surface area contributed by atoms with Crippen molar-refractivity contribution in [2.75, 3.05) is 39.3 Å². The van der Waals surface area contributed by atoms with Crippen molar-refractivity contribution in [3.05, 3.63) is 23.8 Å². The van der Waals surface area contributed by atoms with Crippen LogP contribution in [0.5, 0.6) is 0 Å². The molecule has 0 spiro atoms. The van der Waals surface area contributed by atoms with Crippen LogP contribution in [-0.2, 0) is 122 Å². The summed E-state index contributed by atoms with van der Waals surface area (Å²) in [4.78, 5) is 190. The molecule has 0 radical (unpaired) electrons. The van der Waals surface area contributed by atoms with E-state index in [2.05, 4.69) is 105 Å². The lowest BCUT2D eigenvalue weighted by molar-refractivity contribution is -0.226. The van der Waals surface area contributed by atoms with Crippen molar-refractivity contribution in [1.82, 2.24) is 72.5 Å². The van der Waals surface area contributed by atoms with Crippen LogP contribution in [0.2, 0.25) is 0 Å². The highest BCUT2D eigenvalue weighted by molar-refractivity contribution is 5.90. The number of hydrogen-bond donors (Lipinski definition) is 14. The van der Waals surface area contributed by atoms with E-state index in [-0.39, 0.29) is 232 Å². The predicted molar refractivity (Wildman–Crippen MR) is 555 cm³/mol. The molecule has 8 aliphatic rings. The minimum atomic E-state index is -0.861. The summed E-state index contributed by atoms with van der Waals surface area (Å²) < 4.78 is 42.0. The van der Waals surface area contributed by atoms with Crippen LogP contribution >= 0.6 is 74.4 Å². The maximum absolute atomic E-state index is 14.3. The third-order valence-corrected chi connectivity index (χ3v) is 33.7. The summed E-state index contributed by atoms with van der Waals surface area (Å²) in [5.41, 5.74) is 35.6. The van der Waals surface area contributed by atoms with Crippen LogP contribution in [0.4, 0.5) is 0 Å². The average molecular weight is 2170 g/mol. The molecular formula is C99H170Cl6N20O20. The number of aromatic nitrogens is 6. The van der Waals surface area contributed by atoms with Crippen LogP contribution in [0.25, 0.3) is 0 Å². The Kier molecular flexibility index (Phi) is 51.0. The van der Waals surface area contributed by atoms with Gasteiger partial charge in [0.2, 0.25) is 47.3 Å². The molecule has 0 saturated heterocycles. The largest absolute Gasteiger partial charge is 0.461 e. The predicted octanol–water partition coefficient (Wildman–Crippen LogP) is 6.38. The minimum absolute atomic E-state index is 0. The summed E-state index contributed by atoms with van der Waals surface area (Å²) >= 11 is 0. The van der Waals surface area contributed by atoms with E-state index in [9.17, 15) is 67.1 Å². The topological polar surface area (TPSA) is 608 Å². The molecule has 20 N–H and O–H groups in total. The Balaban J connectivity index is 0.00000730. The Morgan fingerprint density at radius 3 is 0.897 bits per heavy atom. The summed E-state index contributed by atoms with van der Waals surface area (Å²) in [6.07, 6.45) is 9.07. The number of hydrogen-bond acceptors (Lipinski definition) is 30. The van der Waals surface area contributed by atoms with Crippen LogP contribution in [0.1, 0.15) is 258 Å². The average Bonchev–Trinajstić information content (AvgIpc) is 1.67. The normalized spacial score (nSPS) is 28.9. The Morgan fingerprint density at radius 2 is 0.621 bits per heavy atom.